The van der Waals surface area contributed by atoms with E-state index in [0.717, 1.165) is 37.4 Å². The number of aryl methyl sites for hydroxylation is 1. The van der Waals surface area contributed by atoms with E-state index in [4.69, 9.17) is 16.3 Å². The van der Waals surface area contributed by atoms with Crippen LogP contribution in [0.15, 0.2) is 6.07 Å². The van der Waals surface area contributed by atoms with Gasteiger partial charge < -0.3 is 4.74 Å². The first-order valence-corrected chi connectivity index (χ1v) is 7.79. The number of ether oxygens (including phenoxy) is 1. The van der Waals surface area contributed by atoms with Crippen LogP contribution in [0, 0.1) is 5.92 Å². The maximum Gasteiger partial charge on any atom is 0.218 e. The lowest BCUT2D eigenvalue weighted by Gasteiger charge is -2.28. The predicted molar refractivity (Wildman–Crippen MR) is 77.7 cm³/mol. The van der Waals surface area contributed by atoms with Crippen molar-refractivity contribution in [3.63, 3.8) is 0 Å². The average Bonchev–Trinajstić information content (AvgIpc) is 2.38. The Morgan fingerprint density at radius 2 is 2.16 bits per heavy atom. The van der Waals surface area contributed by atoms with E-state index in [2.05, 4.69) is 23.8 Å². The highest BCUT2D eigenvalue weighted by molar-refractivity contribution is 6.29. The summed E-state index contributed by atoms with van der Waals surface area (Å²) in [7, 11) is 0. The van der Waals surface area contributed by atoms with E-state index in [1.165, 1.54) is 19.3 Å². The molecule has 1 saturated carbocycles. The monoisotopic (exact) mass is 282 g/mol. The first-order chi connectivity index (χ1) is 9.21. The Morgan fingerprint density at radius 3 is 2.89 bits per heavy atom. The summed E-state index contributed by atoms with van der Waals surface area (Å²) < 4.78 is 6.02. The van der Waals surface area contributed by atoms with Gasteiger partial charge in [-0.05, 0) is 31.6 Å². The molecule has 0 N–H and O–H groups in total. The Kier molecular flexibility index (Phi) is 5.44. The molecule has 19 heavy (non-hydrogen) atoms. The largest absolute Gasteiger partial charge is 0.474 e. The molecule has 0 bridgehead atoms. The fraction of sp³-hybridized carbons (Fsp3) is 0.733. The second-order valence-corrected chi connectivity index (χ2v) is 5.76. The molecule has 1 heterocycles. The summed E-state index contributed by atoms with van der Waals surface area (Å²) in [6.07, 6.45) is 8.25. The van der Waals surface area contributed by atoms with E-state index < -0.39 is 0 Å². The Hall–Kier alpha value is -0.830. The van der Waals surface area contributed by atoms with Crippen LogP contribution in [0.5, 0.6) is 5.88 Å². The number of nitrogens with zero attached hydrogens (tertiary/aromatic N) is 2. The molecule has 2 rings (SSSR count). The summed E-state index contributed by atoms with van der Waals surface area (Å²) in [6.45, 7) is 4.37. The van der Waals surface area contributed by atoms with Crippen LogP contribution >= 0.6 is 11.6 Å². The van der Waals surface area contributed by atoms with Crippen molar-refractivity contribution in [2.24, 2.45) is 5.92 Å². The molecule has 106 valence electrons. The predicted octanol–water partition coefficient (Wildman–Crippen LogP) is 4.43. The van der Waals surface area contributed by atoms with Crippen LogP contribution in [-0.2, 0) is 6.42 Å². The average molecular weight is 283 g/mol. The Bertz CT molecular complexity index is 411. The summed E-state index contributed by atoms with van der Waals surface area (Å²) in [4.78, 5) is 8.67. The third-order valence-corrected chi connectivity index (χ3v) is 3.98. The van der Waals surface area contributed by atoms with E-state index in [9.17, 15) is 0 Å². The smallest absolute Gasteiger partial charge is 0.218 e. The molecule has 4 heteroatoms. The molecule has 0 radical (unpaired) electrons. The zero-order chi connectivity index (χ0) is 13.7. The van der Waals surface area contributed by atoms with Crippen molar-refractivity contribution < 1.29 is 4.74 Å². The van der Waals surface area contributed by atoms with Gasteiger partial charge in [0.1, 0.15) is 17.1 Å². The standard InChI is InChI=1S/C15H23ClN2O/c1-3-6-14-17-13(16)10-15(18-14)19-12-8-5-7-11(4-2)9-12/h10-12H,3-9H2,1-2H3. The van der Waals surface area contributed by atoms with Crippen molar-refractivity contribution in [2.75, 3.05) is 0 Å². The molecule has 1 aliphatic rings. The van der Waals surface area contributed by atoms with Crippen LogP contribution in [0.3, 0.4) is 0 Å². The van der Waals surface area contributed by atoms with Gasteiger partial charge in [0.25, 0.3) is 0 Å². The Balaban J connectivity index is 2.01. The van der Waals surface area contributed by atoms with Crippen molar-refractivity contribution >= 4 is 11.6 Å². The minimum Gasteiger partial charge on any atom is -0.474 e. The molecule has 0 amide bonds. The van der Waals surface area contributed by atoms with Gasteiger partial charge in [-0.15, -0.1) is 0 Å². The summed E-state index contributed by atoms with van der Waals surface area (Å²) >= 11 is 6.03. The zero-order valence-electron chi connectivity index (χ0n) is 11.9. The highest BCUT2D eigenvalue weighted by Crippen LogP contribution is 2.29. The molecule has 1 aromatic rings. The van der Waals surface area contributed by atoms with Gasteiger partial charge in [0, 0.05) is 12.5 Å². The molecule has 0 spiro atoms. The van der Waals surface area contributed by atoms with Crippen molar-refractivity contribution in [1.82, 2.24) is 9.97 Å². The summed E-state index contributed by atoms with van der Waals surface area (Å²) in [5.41, 5.74) is 0. The highest BCUT2D eigenvalue weighted by Gasteiger charge is 2.22. The van der Waals surface area contributed by atoms with E-state index in [1.807, 2.05) is 0 Å². The van der Waals surface area contributed by atoms with E-state index in [-0.39, 0.29) is 0 Å². The van der Waals surface area contributed by atoms with Crippen molar-refractivity contribution in [3.05, 3.63) is 17.0 Å². The van der Waals surface area contributed by atoms with Gasteiger partial charge in [-0.3, -0.25) is 0 Å². The lowest BCUT2D eigenvalue weighted by Crippen LogP contribution is -2.25. The highest BCUT2D eigenvalue weighted by atomic mass is 35.5. The number of hydrogen-bond acceptors (Lipinski definition) is 3. The molecule has 0 saturated heterocycles. The van der Waals surface area contributed by atoms with Gasteiger partial charge in [-0.25, -0.2) is 4.98 Å². The molecule has 1 aliphatic carbocycles. The van der Waals surface area contributed by atoms with Gasteiger partial charge in [-0.1, -0.05) is 38.3 Å². The SMILES string of the molecule is CCCc1nc(Cl)cc(OC2CCCC(CC)C2)n1. The van der Waals surface area contributed by atoms with Crippen molar-refractivity contribution in [3.8, 4) is 5.88 Å². The first kappa shape index (κ1) is 14.6. The molecule has 0 aliphatic heterocycles. The molecule has 0 aromatic carbocycles. The molecule has 2 atom stereocenters. The Labute approximate surface area is 120 Å². The molecule has 1 fully saturated rings. The van der Waals surface area contributed by atoms with Crippen LogP contribution in [0.2, 0.25) is 5.15 Å². The van der Waals surface area contributed by atoms with E-state index in [1.54, 1.807) is 6.07 Å². The molecule has 1 aromatic heterocycles. The summed E-state index contributed by atoms with van der Waals surface area (Å²) in [5.74, 6) is 2.23. The third kappa shape index (κ3) is 4.34. The number of rotatable bonds is 5. The van der Waals surface area contributed by atoms with Crippen molar-refractivity contribution in [1.29, 1.82) is 0 Å². The minimum atomic E-state index is 0.291. The van der Waals surface area contributed by atoms with E-state index >= 15 is 0 Å². The Morgan fingerprint density at radius 1 is 1.32 bits per heavy atom. The van der Waals surface area contributed by atoms with Gasteiger partial charge in [0.05, 0.1) is 0 Å². The van der Waals surface area contributed by atoms with E-state index in [0.29, 0.717) is 17.1 Å². The van der Waals surface area contributed by atoms with Crippen molar-refractivity contribution in [2.45, 2.75) is 64.9 Å². The van der Waals surface area contributed by atoms with Crippen LogP contribution in [0.1, 0.15) is 58.2 Å². The quantitative estimate of drug-likeness (QED) is 0.749. The zero-order valence-corrected chi connectivity index (χ0v) is 12.6. The fourth-order valence-electron chi connectivity index (χ4n) is 2.73. The fourth-order valence-corrected chi connectivity index (χ4v) is 2.92. The van der Waals surface area contributed by atoms with Gasteiger partial charge in [-0.2, -0.15) is 4.98 Å². The number of halogens is 1. The van der Waals surface area contributed by atoms with Crippen LogP contribution in [0.4, 0.5) is 0 Å². The first-order valence-electron chi connectivity index (χ1n) is 7.41. The third-order valence-electron chi connectivity index (χ3n) is 3.79. The van der Waals surface area contributed by atoms with Crippen LogP contribution in [0.25, 0.3) is 0 Å². The lowest BCUT2D eigenvalue weighted by atomic mass is 9.85. The van der Waals surface area contributed by atoms with Gasteiger partial charge in [0.2, 0.25) is 5.88 Å². The minimum absolute atomic E-state index is 0.291. The molecule has 3 nitrogen and oxygen atoms in total. The topological polar surface area (TPSA) is 35.0 Å². The second-order valence-electron chi connectivity index (χ2n) is 5.38. The van der Waals surface area contributed by atoms with Crippen LogP contribution < -0.4 is 4.74 Å². The van der Waals surface area contributed by atoms with Gasteiger partial charge >= 0.3 is 0 Å². The second kappa shape index (κ2) is 7.09. The lowest BCUT2D eigenvalue weighted by molar-refractivity contribution is 0.116. The molecular formula is C15H23ClN2O. The molecule has 2 unspecified atom stereocenters. The normalized spacial score (nSPS) is 23.3. The number of aromatic nitrogens is 2. The number of hydrogen-bond donors (Lipinski definition) is 0. The molecular weight excluding hydrogens is 260 g/mol. The maximum absolute atomic E-state index is 6.03. The maximum atomic E-state index is 6.03. The summed E-state index contributed by atoms with van der Waals surface area (Å²) in [5, 5.41) is 0.483. The summed E-state index contributed by atoms with van der Waals surface area (Å²) in [6, 6.07) is 1.73. The van der Waals surface area contributed by atoms with Crippen LogP contribution in [-0.4, -0.2) is 16.1 Å². The van der Waals surface area contributed by atoms with Gasteiger partial charge in [0.15, 0.2) is 0 Å².